The number of hydrogen-bond acceptors (Lipinski definition) is 3. The van der Waals surface area contributed by atoms with Gasteiger partial charge in [-0.2, -0.15) is 0 Å². The molecular weight excluding hydrogens is 505 g/mol. The molecule has 1 saturated carbocycles. The summed E-state index contributed by atoms with van der Waals surface area (Å²) in [6, 6.07) is 15.6. The monoisotopic (exact) mass is 543 g/mol. The van der Waals surface area contributed by atoms with Crippen LogP contribution in [-0.4, -0.2) is 72.3 Å². The van der Waals surface area contributed by atoms with Crippen molar-refractivity contribution in [2.24, 2.45) is 5.92 Å². The zero-order valence-electron chi connectivity index (χ0n) is 22.0. The van der Waals surface area contributed by atoms with E-state index in [2.05, 4.69) is 9.80 Å². The smallest absolute Gasteiger partial charge is 0.253 e. The topological polar surface area (TPSA) is 43.9 Å². The fraction of sp³-hybridized carbons (Fsp3) is 0.533. The highest BCUT2D eigenvalue weighted by Gasteiger charge is 2.32. The maximum absolute atomic E-state index is 13.0. The van der Waals surface area contributed by atoms with Crippen LogP contribution in [0.1, 0.15) is 67.3 Å². The molecular formula is C30H39Cl2N3O2. The fourth-order valence-corrected chi connectivity index (χ4v) is 5.68. The van der Waals surface area contributed by atoms with Gasteiger partial charge < -0.3 is 14.7 Å². The van der Waals surface area contributed by atoms with Gasteiger partial charge in [-0.1, -0.05) is 54.4 Å². The van der Waals surface area contributed by atoms with Gasteiger partial charge in [0.15, 0.2) is 0 Å². The Morgan fingerprint density at radius 1 is 1.00 bits per heavy atom. The minimum atomic E-state index is 0.0165. The maximum atomic E-state index is 13.0. The Morgan fingerprint density at radius 2 is 1.70 bits per heavy atom. The van der Waals surface area contributed by atoms with Crippen molar-refractivity contribution < 1.29 is 9.59 Å². The first kappa shape index (κ1) is 27.9. The third kappa shape index (κ3) is 7.72. The second kappa shape index (κ2) is 13.1. The van der Waals surface area contributed by atoms with Crippen molar-refractivity contribution in [1.29, 1.82) is 0 Å². The predicted octanol–water partition coefficient (Wildman–Crippen LogP) is 6.35. The van der Waals surface area contributed by atoms with Gasteiger partial charge in [-0.3, -0.25) is 9.59 Å². The van der Waals surface area contributed by atoms with Crippen molar-refractivity contribution in [3.63, 3.8) is 0 Å². The summed E-state index contributed by atoms with van der Waals surface area (Å²) in [6.07, 6.45) is 6.10. The molecule has 2 amide bonds. The maximum Gasteiger partial charge on any atom is 0.253 e. The van der Waals surface area contributed by atoms with Gasteiger partial charge in [0.05, 0.1) is 10.0 Å². The van der Waals surface area contributed by atoms with Gasteiger partial charge in [0.25, 0.3) is 5.91 Å². The van der Waals surface area contributed by atoms with Crippen LogP contribution in [0.15, 0.2) is 48.5 Å². The first-order valence-corrected chi connectivity index (χ1v) is 14.4. The molecule has 1 saturated heterocycles. The standard InChI is InChI=1S/C30H39Cl2N3O2/c1-3-29(36)35(20-22-9-10-22)26-14-17-34(18-15-26)16-13-25(24-11-12-27(31)28(32)19-24)21-33(2)30(37)23-7-5-4-6-8-23/h4-8,11-12,19,22,25-26H,3,9-10,13-18,20-21H2,1-2H3. The number of benzene rings is 2. The minimum absolute atomic E-state index is 0.0165. The third-order valence-corrected chi connectivity index (χ3v) is 8.58. The van der Waals surface area contributed by atoms with E-state index in [0.717, 1.165) is 56.9 Å². The number of halogens is 2. The summed E-state index contributed by atoms with van der Waals surface area (Å²) in [7, 11) is 1.87. The van der Waals surface area contributed by atoms with Gasteiger partial charge in [0.1, 0.15) is 0 Å². The molecule has 2 aromatic carbocycles. The molecule has 0 N–H and O–H groups in total. The number of carbonyl (C=O) groups excluding carboxylic acids is 2. The second-order valence-corrected chi connectivity index (χ2v) is 11.4. The molecule has 1 heterocycles. The number of piperidine rings is 1. The van der Waals surface area contributed by atoms with E-state index in [-0.39, 0.29) is 11.8 Å². The molecule has 2 aromatic rings. The zero-order chi connectivity index (χ0) is 26.4. The number of carbonyl (C=O) groups is 2. The highest BCUT2D eigenvalue weighted by atomic mass is 35.5. The van der Waals surface area contributed by atoms with E-state index >= 15 is 0 Å². The molecule has 0 bridgehead atoms. The highest BCUT2D eigenvalue weighted by molar-refractivity contribution is 6.42. The van der Waals surface area contributed by atoms with Crippen LogP contribution in [0, 0.1) is 5.92 Å². The van der Waals surface area contributed by atoms with Crippen molar-refractivity contribution in [2.45, 2.75) is 57.4 Å². The van der Waals surface area contributed by atoms with Crippen LogP contribution in [0.25, 0.3) is 0 Å². The highest BCUT2D eigenvalue weighted by Crippen LogP contribution is 2.33. The van der Waals surface area contributed by atoms with E-state index in [1.54, 1.807) is 4.90 Å². The second-order valence-electron chi connectivity index (χ2n) is 10.6. The van der Waals surface area contributed by atoms with E-state index in [1.807, 2.05) is 62.5 Å². The lowest BCUT2D eigenvalue weighted by Crippen LogP contribution is -2.48. The van der Waals surface area contributed by atoms with E-state index in [9.17, 15) is 9.59 Å². The number of likely N-dealkylation sites (tertiary alicyclic amines) is 1. The van der Waals surface area contributed by atoms with Crippen molar-refractivity contribution in [3.05, 3.63) is 69.7 Å². The van der Waals surface area contributed by atoms with Crippen LogP contribution in [-0.2, 0) is 4.79 Å². The number of rotatable bonds is 11. The van der Waals surface area contributed by atoms with Crippen LogP contribution < -0.4 is 0 Å². The van der Waals surface area contributed by atoms with Crippen molar-refractivity contribution in [3.8, 4) is 0 Å². The number of likely N-dealkylation sites (N-methyl/N-ethyl adjacent to an activating group) is 1. The first-order chi connectivity index (χ1) is 17.9. The van der Waals surface area contributed by atoms with Crippen LogP contribution in [0.4, 0.5) is 0 Å². The molecule has 0 aromatic heterocycles. The summed E-state index contributed by atoms with van der Waals surface area (Å²) >= 11 is 12.6. The van der Waals surface area contributed by atoms with Crippen LogP contribution in [0.2, 0.25) is 10.0 Å². The summed E-state index contributed by atoms with van der Waals surface area (Å²) < 4.78 is 0. The van der Waals surface area contributed by atoms with Gasteiger partial charge >= 0.3 is 0 Å². The Labute approximate surface area is 231 Å². The summed E-state index contributed by atoms with van der Waals surface area (Å²) in [6.45, 7) is 6.45. The molecule has 0 spiro atoms. The van der Waals surface area contributed by atoms with E-state index < -0.39 is 0 Å². The molecule has 4 rings (SSSR count). The number of nitrogens with zero attached hydrogens (tertiary/aromatic N) is 3. The summed E-state index contributed by atoms with van der Waals surface area (Å²) in [5, 5.41) is 1.08. The van der Waals surface area contributed by atoms with E-state index in [4.69, 9.17) is 23.2 Å². The summed E-state index contributed by atoms with van der Waals surface area (Å²) in [5.41, 5.74) is 1.79. The van der Waals surface area contributed by atoms with E-state index in [1.165, 1.54) is 12.8 Å². The van der Waals surface area contributed by atoms with Gasteiger partial charge in [0, 0.05) is 57.2 Å². The molecule has 5 nitrogen and oxygen atoms in total. The van der Waals surface area contributed by atoms with Crippen molar-refractivity contribution >= 4 is 35.0 Å². The average molecular weight is 545 g/mol. The zero-order valence-corrected chi connectivity index (χ0v) is 23.6. The molecule has 7 heteroatoms. The molecule has 2 aliphatic rings. The minimum Gasteiger partial charge on any atom is -0.341 e. The first-order valence-electron chi connectivity index (χ1n) is 13.6. The fourth-order valence-electron chi connectivity index (χ4n) is 5.37. The summed E-state index contributed by atoms with van der Waals surface area (Å²) in [5.74, 6) is 1.17. The molecule has 0 radical (unpaired) electrons. The molecule has 200 valence electrons. The van der Waals surface area contributed by atoms with Crippen molar-refractivity contribution in [1.82, 2.24) is 14.7 Å². The van der Waals surface area contributed by atoms with Crippen LogP contribution in [0.3, 0.4) is 0 Å². The lowest BCUT2D eigenvalue weighted by Gasteiger charge is -2.39. The van der Waals surface area contributed by atoms with E-state index in [0.29, 0.717) is 40.5 Å². The number of hydrogen-bond donors (Lipinski definition) is 0. The van der Waals surface area contributed by atoms with Gasteiger partial charge in [-0.25, -0.2) is 0 Å². The normalized spacial score (nSPS) is 17.4. The lowest BCUT2D eigenvalue weighted by molar-refractivity contribution is -0.134. The van der Waals surface area contributed by atoms with Gasteiger partial charge in [-0.05, 0) is 74.4 Å². The van der Waals surface area contributed by atoms with Gasteiger partial charge in [0.2, 0.25) is 5.91 Å². The predicted molar refractivity (Wildman–Crippen MR) is 151 cm³/mol. The summed E-state index contributed by atoms with van der Waals surface area (Å²) in [4.78, 5) is 32.1. The van der Waals surface area contributed by atoms with Crippen LogP contribution >= 0.6 is 23.2 Å². The average Bonchev–Trinajstić information content (AvgIpc) is 3.75. The largest absolute Gasteiger partial charge is 0.341 e. The Morgan fingerprint density at radius 3 is 2.32 bits per heavy atom. The quantitative estimate of drug-likeness (QED) is 0.331. The molecule has 1 aliphatic carbocycles. The Hall–Kier alpha value is -2.08. The Balaban J connectivity index is 1.37. The lowest BCUT2D eigenvalue weighted by atomic mass is 9.93. The third-order valence-electron chi connectivity index (χ3n) is 7.84. The SMILES string of the molecule is CCC(=O)N(CC1CC1)C1CCN(CCC(CN(C)C(=O)c2ccccc2)c2ccc(Cl)c(Cl)c2)CC1. The van der Waals surface area contributed by atoms with Crippen LogP contribution in [0.5, 0.6) is 0 Å². The Kier molecular flexibility index (Phi) is 9.91. The number of amides is 2. The molecule has 2 fully saturated rings. The molecule has 37 heavy (non-hydrogen) atoms. The molecule has 1 unspecified atom stereocenters. The van der Waals surface area contributed by atoms with Crippen molar-refractivity contribution in [2.75, 3.05) is 39.8 Å². The Bertz CT molecular complexity index is 1050. The van der Waals surface area contributed by atoms with Gasteiger partial charge in [-0.15, -0.1) is 0 Å². The molecule has 1 aliphatic heterocycles. The molecule has 1 atom stereocenters.